The molecule has 3 aromatic heterocycles. The molecule has 2 saturated heterocycles. The van der Waals surface area contributed by atoms with Gasteiger partial charge in [-0.2, -0.15) is 5.10 Å². The van der Waals surface area contributed by atoms with Gasteiger partial charge >= 0.3 is 5.97 Å². The van der Waals surface area contributed by atoms with E-state index in [1.807, 2.05) is 36.1 Å². The Hall–Kier alpha value is -4.28. The molecule has 0 saturated carbocycles. The van der Waals surface area contributed by atoms with Gasteiger partial charge in [0.2, 0.25) is 5.88 Å². The number of imidazole rings is 1. The van der Waals surface area contributed by atoms with E-state index in [9.17, 15) is 9.90 Å². The molecular formula is C32H34N6O4. The fourth-order valence-corrected chi connectivity index (χ4v) is 6.02. The number of aryl methyl sites for hydroxylation is 1. The zero-order valence-corrected chi connectivity index (χ0v) is 23.6. The number of hydrogen-bond donors (Lipinski definition) is 1. The van der Waals surface area contributed by atoms with Crippen molar-refractivity contribution in [1.82, 2.24) is 29.2 Å². The lowest BCUT2D eigenvalue weighted by Crippen LogP contribution is -2.35. The number of hydrogen-bond acceptors (Lipinski definition) is 7. The van der Waals surface area contributed by atoms with E-state index in [1.54, 1.807) is 12.1 Å². The summed E-state index contributed by atoms with van der Waals surface area (Å²) in [5.41, 5.74) is 5.20. The number of ether oxygens (including phenoxy) is 2. The molecule has 5 aromatic rings. The summed E-state index contributed by atoms with van der Waals surface area (Å²) in [7, 11) is 1.95. The first-order valence-corrected chi connectivity index (χ1v) is 14.6. The van der Waals surface area contributed by atoms with Crippen LogP contribution in [0, 0.1) is 0 Å². The molecule has 10 nitrogen and oxygen atoms in total. The second kappa shape index (κ2) is 11.2. The third-order valence-electron chi connectivity index (χ3n) is 8.57. The molecule has 2 fully saturated rings. The van der Waals surface area contributed by atoms with Gasteiger partial charge in [0.15, 0.2) is 0 Å². The lowest BCUT2D eigenvalue weighted by molar-refractivity contribution is -0.0592. The van der Waals surface area contributed by atoms with Gasteiger partial charge in [0.05, 0.1) is 47.5 Å². The molecule has 2 aliphatic heterocycles. The topological polar surface area (TPSA) is 108 Å². The van der Waals surface area contributed by atoms with Gasteiger partial charge in [0.1, 0.15) is 12.4 Å². The molecule has 0 aliphatic carbocycles. The number of carbonyl (C=O) groups is 1. The van der Waals surface area contributed by atoms with Crippen molar-refractivity contribution in [3.05, 3.63) is 83.4 Å². The Labute approximate surface area is 243 Å². The quantitative estimate of drug-likeness (QED) is 0.272. The van der Waals surface area contributed by atoms with E-state index in [1.165, 1.54) is 0 Å². The van der Waals surface area contributed by atoms with E-state index in [4.69, 9.17) is 19.4 Å². The number of benzene rings is 2. The van der Waals surface area contributed by atoms with Crippen molar-refractivity contribution in [3.8, 4) is 5.88 Å². The van der Waals surface area contributed by atoms with Gasteiger partial charge in [-0.05, 0) is 68.2 Å². The first kappa shape index (κ1) is 26.6. The van der Waals surface area contributed by atoms with Crippen molar-refractivity contribution in [2.24, 2.45) is 7.05 Å². The summed E-state index contributed by atoms with van der Waals surface area (Å²) in [5.74, 6) is 1.05. The third kappa shape index (κ3) is 5.35. The monoisotopic (exact) mass is 566 g/mol. The van der Waals surface area contributed by atoms with Gasteiger partial charge < -0.3 is 19.1 Å². The highest BCUT2D eigenvalue weighted by molar-refractivity contribution is 5.92. The molecular weight excluding hydrogens is 532 g/mol. The van der Waals surface area contributed by atoms with E-state index in [0.29, 0.717) is 31.5 Å². The predicted molar refractivity (Wildman–Crippen MR) is 158 cm³/mol. The number of pyridine rings is 1. The number of piperidine rings is 1. The van der Waals surface area contributed by atoms with E-state index in [-0.39, 0.29) is 11.7 Å². The lowest BCUT2D eigenvalue weighted by Gasteiger charge is -2.32. The highest BCUT2D eigenvalue weighted by atomic mass is 16.5. The Morgan fingerprint density at radius 1 is 1.05 bits per heavy atom. The second-order valence-electron chi connectivity index (χ2n) is 11.3. The molecule has 2 aliphatic rings. The fourth-order valence-electron chi connectivity index (χ4n) is 6.02. The van der Waals surface area contributed by atoms with Crippen molar-refractivity contribution >= 4 is 27.9 Å². The van der Waals surface area contributed by atoms with Crippen LogP contribution in [0.25, 0.3) is 21.9 Å². The average Bonchev–Trinajstić information content (AvgIpc) is 3.53. The van der Waals surface area contributed by atoms with Crippen LogP contribution in [0.1, 0.15) is 52.6 Å². The van der Waals surface area contributed by atoms with Gasteiger partial charge in [0.25, 0.3) is 0 Å². The Kier molecular flexibility index (Phi) is 7.09. The van der Waals surface area contributed by atoms with E-state index >= 15 is 0 Å². The van der Waals surface area contributed by atoms with Crippen LogP contribution in [0.4, 0.5) is 0 Å². The molecule has 0 radical (unpaired) electrons. The van der Waals surface area contributed by atoms with E-state index in [2.05, 4.69) is 38.8 Å². The highest BCUT2D eigenvalue weighted by Gasteiger charge is 2.26. The van der Waals surface area contributed by atoms with Crippen LogP contribution in [0.5, 0.6) is 5.88 Å². The fraction of sp³-hybridized carbons (Fsp3) is 0.375. The van der Waals surface area contributed by atoms with E-state index in [0.717, 1.165) is 78.0 Å². The van der Waals surface area contributed by atoms with Crippen LogP contribution in [-0.4, -0.2) is 66.1 Å². The minimum Gasteiger partial charge on any atom is -0.478 e. The molecule has 0 amide bonds. The number of nitrogens with zero attached hydrogens (tertiary/aromatic N) is 6. The maximum atomic E-state index is 11.6. The Morgan fingerprint density at radius 2 is 1.90 bits per heavy atom. The van der Waals surface area contributed by atoms with Crippen molar-refractivity contribution < 1.29 is 19.4 Å². The molecule has 0 bridgehead atoms. The average molecular weight is 567 g/mol. The summed E-state index contributed by atoms with van der Waals surface area (Å²) in [6, 6.07) is 17.5. The second-order valence-corrected chi connectivity index (χ2v) is 11.3. The smallest absolute Gasteiger partial charge is 0.335 e. The maximum Gasteiger partial charge on any atom is 0.335 e. The maximum absolute atomic E-state index is 11.6. The third-order valence-corrected chi connectivity index (χ3v) is 8.57. The van der Waals surface area contributed by atoms with Crippen LogP contribution in [0.2, 0.25) is 0 Å². The van der Waals surface area contributed by atoms with Gasteiger partial charge in [0, 0.05) is 36.7 Å². The molecule has 216 valence electrons. The largest absolute Gasteiger partial charge is 0.478 e. The summed E-state index contributed by atoms with van der Waals surface area (Å²) in [6.07, 6.45) is 5.04. The van der Waals surface area contributed by atoms with Crippen LogP contribution in [0.15, 0.2) is 60.8 Å². The minimum absolute atomic E-state index is 0.152. The number of carboxylic acids is 1. The summed E-state index contributed by atoms with van der Waals surface area (Å²) in [6.45, 7) is 4.52. The summed E-state index contributed by atoms with van der Waals surface area (Å²) in [5, 5.41) is 15.0. The first-order chi connectivity index (χ1) is 20.5. The van der Waals surface area contributed by atoms with Gasteiger partial charge in [-0.15, -0.1) is 0 Å². The number of aromatic nitrogens is 5. The van der Waals surface area contributed by atoms with Crippen LogP contribution in [0.3, 0.4) is 0 Å². The van der Waals surface area contributed by atoms with Crippen molar-refractivity contribution in [2.45, 2.75) is 51.0 Å². The number of rotatable bonds is 9. The Balaban J connectivity index is 1.00. The number of aromatic carboxylic acids is 1. The lowest BCUT2D eigenvalue weighted by atomic mass is 9.93. The number of likely N-dealkylation sites (tertiary alicyclic amines) is 1. The molecule has 42 heavy (non-hydrogen) atoms. The molecule has 0 spiro atoms. The Bertz CT molecular complexity index is 1750. The standard InChI is InChI=1S/C32H34N6O4/c1-36-28-15-21(5-6-24(28)17-33-36)20-42-31-4-2-3-26(35-31)22-9-12-37(13-10-22)19-30-34-27-8-7-23(32(39)40)16-29(27)38(30)18-25-11-14-41-25/h2-8,15-17,22,25H,9-14,18-20H2,1H3,(H,39,40)/t25-/m0/s1. The van der Waals surface area contributed by atoms with Gasteiger partial charge in [-0.25, -0.2) is 14.8 Å². The summed E-state index contributed by atoms with van der Waals surface area (Å²) in [4.78, 5) is 23.8. The minimum atomic E-state index is -0.928. The normalized spacial score (nSPS) is 18.0. The predicted octanol–water partition coefficient (Wildman–Crippen LogP) is 4.76. The SMILES string of the molecule is Cn1ncc2ccc(COc3cccc(C4CCN(Cc5nc6ccc(C(=O)O)cc6n5C[C@@H]5CCO5)CC4)n3)cc21. The molecule has 7 rings (SSSR count). The first-order valence-electron chi connectivity index (χ1n) is 14.6. The van der Waals surface area contributed by atoms with Crippen molar-refractivity contribution in [3.63, 3.8) is 0 Å². The van der Waals surface area contributed by atoms with Gasteiger partial charge in [-0.3, -0.25) is 9.58 Å². The molecule has 1 atom stereocenters. The van der Waals surface area contributed by atoms with Crippen LogP contribution in [-0.2, 0) is 31.5 Å². The van der Waals surface area contributed by atoms with Crippen molar-refractivity contribution in [2.75, 3.05) is 19.7 Å². The highest BCUT2D eigenvalue weighted by Crippen LogP contribution is 2.30. The molecule has 1 N–H and O–H groups in total. The molecule has 0 unspecified atom stereocenters. The van der Waals surface area contributed by atoms with E-state index < -0.39 is 5.97 Å². The zero-order chi connectivity index (χ0) is 28.6. The zero-order valence-electron chi connectivity index (χ0n) is 23.6. The Morgan fingerprint density at radius 3 is 2.69 bits per heavy atom. The van der Waals surface area contributed by atoms with Gasteiger partial charge in [-0.1, -0.05) is 18.2 Å². The molecule has 10 heteroatoms. The molecule has 5 heterocycles. The number of fused-ring (bicyclic) bond motifs is 2. The van der Waals surface area contributed by atoms with Crippen molar-refractivity contribution in [1.29, 1.82) is 0 Å². The van der Waals surface area contributed by atoms with Crippen LogP contribution < -0.4 is 4.74 Å². The van der Waals surface area contributed by atoms with Crippen LogP contribution >= 0.6 is 0 Å². The number of carboxylic acid groups (broad SMARTS) is 1. The summed E-state index contributed by atoms with van der Waals surface area (Å²) >= 11 is 0. The molecule has 2 aromatic carbocycles. The summed E-state index contributed by atoms with van der Waals surface area (Å²) < 4.78 is 15.8.